The van der Waals surface area contributed by atoms with Gasteiger partial charge in [-0.2, -0.15) is 0 Å². The van der Waals surface area contributed by atoms with Gasteiger partial charge in [0.25, 0.3) is 0 Å². The van der Waals surface area contributed by atoms with Crippen molar-refractivity contribution >= 4 is 0 Å². The van der Waals surface area contributed by atoms with Crippen molar-refractivity contribution in [1.82, 2.24) is 5.32 Å². The summed E-state index contributed by atoms with van der Waals surface area (Å²) in [5.74, 6) is -0.963. The van der Waals surface area contributed by atoms with Crippen molar-refractivity contribution in [2.45, 2.75) is 44.3 Å². The molecule has 3 N–H and O–H groups in total. The van der Waals surface area contributed by atoms with Crippen molar-refractivity contribution in [2.24, 2.45) is 5.73 Å². The second-order valence-corrected chi connectivity index (χ2v) is 4.69. The first kappa shape index (κ1) is 12.5. The second kappa shape index (κ2) is 5.56. The van der Waals surface area contributed by atoms with Crippen LogP contribution < -0.4 is 11.1 Å². The topological polar surface area (TPSA) is 38.0 Å². The van der Waals surface area contributed by atoms with E-state index < -0.39 is 11.6 Å². The van der Waals surface area contributed by atoms with Gasteiger partial charge in [0.05, 0.1) is 0 Å². The van der Waals surface area contributed by atoms with E-state index in [0.29, 0.717) is 12.1 Å². The standard InChI is InChI=1S/C13H18F2N2/c14-12-2-1-3-13(15)11(12)8-17-10-6-4-9(16)5-7-10/h1-3,9-10,17H,4-8,16H2. The van der Waals surface area contributed by atoms with Crippen molar-refractivity contribution in [3.8, 4) is 0 Å². The molecule has 0 saturated heterocycles. The molecule has 2 rings (SSSR count). The highest BCUT2D eigenvalue weighted by Crippen LogP contribution is 2.18. The summed E-state index contributed by atoms with van der Waals surface area (Å²) in [6, 6.07) is 4.58. The number of nitrogens with one attached hydrogen (secondary N) is 1. The summed E-state index contributed by atoms with van der Waals surface area (Å²) in [6.07, 6.45) is 3.93. The van der Waals surface area contributed by atoms with Gasteiger partial charge in [-0.05, 0) is 37.8 Å². The molecule has 17 heavy (non-hydrogen) atoms. The zero-order valence-electron chi connectivity index (χ0n) is 9.76. The Hall–Kier alpha value is -1.00. The SMILES string of the molecule is NC1CCC(NCc2c(F)cccc2F)CC1. The number of halogens is 2. The van der Waals surface area contributed by atoms with Crippen LogP contribution in [0.2, 0.25) is 0 Å². The number of hydrogen-bond acceptors (Lipinski definition) is 2. The van der Waals surface area contributed by atoms with Crippen LogP contribution in [0.15, 0.2) is 18.2 Å². The maximum absolute atomic E-state index is 13.4. The van der Waals surface area contributed by atoms with E-state index in [0.717, 1.165) is 25.7 Å². The minimum absolute atomic E-state index is 0.127. The Morgan fingerprint density at radius 1 is 1.12 bits per heavy atom. The molecule has 1 saturated carbocycles. The summed E-state index contributed by atoms with van der Waals surface area (Å²) in [4.78, 5) is 0. The number of hydrogen-bond donors (Lipinski definition) is 2. The largest absolute Gasteiger partial charge is 0.328 e. The third-order valence-corrected chi connectivity index (χ3v) is 3.40. The van der Waals surface area contributed by atoms with E-state index >= 15 is 0 Å². The summed E-state index contributed by atoms with van der Waals surface area (Å²) in [6.45, 7) is 0.248. The lowest BCUT2D eigenvalue weighted by Gasteiger charge is -2.27. The molecule has 1 aliphatic carbocycles. The molecule has 0 atom stereocenters. The average Bonchev–Trinajstić information content (AvgIpc) is 2.31. The molecule has 0 spiro atoms. The summed E-state index contributed by atoms with van der Waals surface area (Å²) < 4.78 is 26.7. The zero-order valence-corrected chi connectivity index (χ0v) is 9.76. The zero-order chi connectivity index (χ0) is 12.3. The normalized spacial score (nSPS) is 24.9. The summed E-state index contributed by atoms with van der Waals surface area (Å²) in [5, 5.41) is 3.20. The first-order chi connectivity index (χ1) is 8.16. The molecule has 0 aliphatic heterocycles. The molecule has 0 radical (unpaired) electrons. The van der Waals surface area contributed by atoms with Gasteiger partial charge in [0.15, 0.2) is 0 Å². The molecule has 4 heteroatoms. The minimum atomic E-state index is -0.481. The van der Waals surface area contributed by atoms with E-state index in [9.17, 15) is 8.78 Å². The van der Waals surface area contributed by atoms with Crippen LogP contribution in [0.1, 0.15) is 31.2 Å². The number of nitrogens with two attached hydrogens (primary N) is 1. The van der Waals surface area contributed by atoms with Crippen molar-refractivity contribution in [3.63, 3.8) is 0 Å². The molecule has 0 bridgehead atoms. The fraction of sp³-hybridized carbons (Fsp3) is 0.538. The van der Waals surface area contributed by atoms with Crippen LogP contribution in [-0.4, -0.2) is 12.1 Å². The second-order valence-electron chi connectivity index (χ2n) is 4.69. The van der Waals surface area contributed by atoms with E-state index in [2.05, 4.69) is 5.32 Å². The Labute approximate surface area is 100 Å². The molecule has 0 heterocycles. The van der Waals surface area contributed by atoms with Crippen molar-refractivity contribution in [1.29, 1.82) is 0 Å². The molecule has 1 aliphatic rings. The highest BCUT2D eigenvalue weighted by atomic mass is 19.1. The predicted octanol–water partition coefficient (Wildman–Crippen LogP) is 2.32. The van der Waals surface area contributed by atoms with Gasteiger partial charge in [0.2, 0.25) is 0 Å². The Balaban J connectivity index is 1.89. The Bertz CT molecular complexity index is 353. The molecule has 1 aromatic carbocycles. The molecular formula is C13H18F2N2. The van der Waals surface area contributed by atoms with Crippen LogP contribution in [-0.2, 0) is 6.54 Å². The highest BCUT2D eigenvalue weighted by Gasteiger charge is 2.18. The van der Waals surface area contributed by atoms with Crippen molar-refractivity contribution < 1.29 is 8.78 Å². The molecule has 1 fully saturated rings. The Morgan fingerprint density at radius 3 is 2.29 bits per heavy atom. The van der Waals surface area contributed by atoms with Gasteiger partial charge in [-0.3, -0.25) is 0 Å². The Kier molecular flexibility index (Phi) is 4.07. The van der Waals surface area contributed by atoms with Gasteiger partial charge in [-0.15, -0.1) is 0 Å². The van der Waals surface area contributed by atoms with Gasteiger partial charge in [0, 0.05) is 24.2 Å². The molecule has 94 valence electrons. The highest BCUT2D eigenvalue weighted by molar-refractivity contribution is 5.19. The van der Waals surface area contributed by atoms with Crippen LogP contribution in [0.5, 0.6) is 0 Å². The molecular weight excluding hydrogens is 222 g/mol. The molecule has 1 aromatic rings. The van der Waals surface area contributed by atoms with E-state index in [1.165, 1.54) is 18.2 Å². The van der Waals surface area contributed by atoms with Crippen LogP contribution in [0, 0.1) is 11.6 Å². The van der Waals surface area contributed by atoms with E-state index in [-0.39, 0.29) is 12.1 Å². The summed E-state index contributed by atoms with van der Waals surface area (Å²) in [7, 11) is 0. The number of benzene rings is 1. The first-order valence-electron chi connectivity index (χ1n) is 6.08. The van der Waals surface area contributed by atoms with Crippen molar-refractivity contribution in [3.05, 3.63) is 35.4 Å². The Morgan fingerprint density at radius 2 is 1.71 bits per heavy atom. The molecule has 0 unspecified atom stereocenters. The summed E-state index contributed by atoms with van der Waals surface area (Å²) >= 11 is 0. The van der Waals surface area contributed by atoms with Crippen LogP contribution in [0.3, 0.4) is 0 Å². The quantitative estimate of drug-likeness (QED) is 0.851. The average molecular weight is 240 g/mol. The summed E-state index contributed by atoms with van der Waals surface area (Å²) in [5.41, 5.74) is 5.93. The lowest BCUT2D eigenvalue weighted by molar-refractivity contribution is 0.338. The van der Waals surface area contributed by atoms with Gasteiger partial charge >= 0.3 is 0 Å². The lowest BCUT2D eigenvalue weighted by Crippen LogP contribution is -2.37. The lowest BCUT2D eigenvalue weighted by atomic mass is 9.92. The fourth-order valence-corrected chi connectivity index (χ4v) is 2.27. The molecule has 0 aromatic heterocycles. The van der Waals surface area contributed by atoms with Gasteiger partial charge in [-0.25, -0.2) is 8.78 Å². The van der Waals surface area contributed by atoms with E-state index in [1.807, 2.05) is 0 Å². The van der Waals surface area contributed by atoms with E-state index in [4.69, 9.17) is 5.73 Å². The van der Waals surface area contributed by atoms with Crippen molar-refractivity contribution in [2.75, 3.05) is 0 Å². The van der Waals surface area contributed by atoms with Crippen LogP contribution in [0.4, 0.5) is 8.78 Å². The smallest absolute Gasteiger partial charge is 0.130 e. The number of rotatable bonds is 3. The fourth-order valence-electron chi connectivity index (χ4n) is 2.27. The predicted molar refractivity (Wildman–Crippen MR) is 63.4 cm³/mol. The third-order valence-electron chi connectivity index (χ3n) is 3.40. The van der Waals surface area contributed by atoms with Crippen LogP contribution >= 0.6 is 0 Å². The molecule has 2 nitrogen and oxygen atoms in total. The van der Waals surface area contributed by atoms with Gasteiger partial charge in [0.1, 0.15) is 11.6 Å². The maximum atomic E-state index is 13.4. The van der Waals surface area contributed by atoms with Crippen LogP contribution in [0.25, 0.3) is 0 Å². The third kappa shape index (κ3) is 3.23. The monoisotopic (exact) mass is 240 g/mol. The van der Waals surface area contributed by atoms with Gasteiger partial charge in [-0.1, -0.05) is 6.07 Å². The minimum Gasteiger partial charge on any atom is -0.328 e. The van der Waals surface area contributed by atoms with E-state index in [1.54, 1.807) is 0 Å². The maximum Gasteiger partial charge on any atom is 0.130 e. The van der Waals surface area contributed by atoms with Gasteiger partial charge < -0.3 is 11.1 Å². The first-order valence-corrected chi connectivity index (χ1v) is 6.08. The molecule has 0 amide bonds.